The molecule has 7 rings (SSSR count). The Morgan fingerprint density at radius 1 is 1.18 bits per heavy atom. The van der Waals surface area contributed by atoms with Crippen molar-refractivity contribution < 1.29 is 28.4 Å². The number of nitrogens with one attached hydrogen (secondary N) is 1. The maximum Gasteiger partial charge on any atom is 0.286 e. The second-order valence-electron chi connectivity index (χ2n) is 14.9. The largest absolute Gasteiger partial charge is 0.494 e. The number of hydrogen-bond donors (Lipinski definition) is 2. The zero-order valence-electron chi connectivity index (χ0n) is 29.6. The first-order chi connectivity index (χ1) is 24.4. The number of anilines is 1. The predicted molar refractivity (Wildman–Crippen MR) is 199 cm³/mol. The number of aryl methyl sites for hydroxylation is 2. The summed E-state index contributed by atoms with van der Waals surface area (Å²) in [6.07, 6.45) is 11.7. The van der Waals surface area contributed by atoms with Crippen LogP contribution in [0.5, 0.6) is 11.5 Å². The standard InChI is InChI=1S/C39H47ClN4O6S/c1-24-7-5-9-34(45)30-13-10-28(30)19-44-22-39(16-6-8-26-17-29(40)12-14-32(26)39)23-50-35-15-11-27(18-33(35)44)37(46)41-51(48,25(24)2)42-38(47)31-20-43(3)21-36(31)49-4/h5,9,11-12,14-15,17-18,20-21,24-25,28,30,34,45H,6-8,10,13,16,19,22-23H2,1-4H3,(H,41,42,46,47,48)/b9-5+/t24-,25+,28-,30+,34-,39-,51?/m0/s1. The molecule has 3 heterocycles. The van der Waals surface area contributed by atoms with Gasteiger partial charge in [0.25, 0.3) is 11.8 Å². The minimum Gasteiger partial charge on any atom is -0.494 e. The van der Waals surface area contributed by atoms with Crippen molar-refractivity contribution in [1.29, 1.82) is 0 Å². The molecule has 2 aliphatic heterocycles. The van der Waals surface area contributed by atoms with Gasteiger partial charge in [0.2, 0.25) is 0 Å². The number of fused-ring (bicyclic) bond motifs is 4. The van der Waals surface area contributed by atoms with Crippen molar-refractivity contribution in [1.82, 2.24) is 9.29 Å². The van der Waals surface area contributed by atoms with E-state index < -0.39 is 33.1 Å². The summed E-state index contributed by atoms with van der Waals surface area (Å²) >= 11 is 6.44. The second kappa shape index (κ2) is 14.0. The summed E-state index contributed by atoms with van der Waals surface area (Å²) in [5.41, 5.74) is 3.39. The Kier molecular flexibility index (Phi) is 9.75. The number of aliphatic hydroxyl groups is 1. The van der Waals surface area contributed by atoms with Crippen LogP contribution in [0.1, 0.15) is 77.8 Å². The number of carbonyl (C=O) groups is 2. The maximum atomic E-state index is 14.8. The number of aliphatic hydroxyl groups excluding tert-OH is 1. The van der Waals surface area contributed by atoms with E-state index in [1.54, 1.807) is 49.1 Å². The molecule has 272 valence electrons. The molecule has 3 aromatic rings. The van der Waals surface area contributed by atoms with Gasteiger partial charge in [0.1, 0.15) is 21.4 Å². The number of ether oxygens (including phenoxy) is 2. The van der Waals surface area contributed by atoms with Gasteiger partial charge in [-0.25, -0.2) is 4.21 Å². The van der Waals surface area contributed by atoms with Gasteiger partial charge >= 0.3 is 0 Å². The zero-order valence-corrected chi connectivity index (χ0v) is 31.2. The van der Waals surface area contributed by atoms with Crippen LogP contribution in [-0.4, -0.2) is 63.9 Å². The lowest BCUT2D eigenvalue weighted by molar-refractivity contribution is 0.0455. The monoisotopic (exact) mass is 734 g/mol. The first-order valence-corrected chi connectivity index (χ1v) is 19.8. The maximum absolute atomic E-state index is 14.8. The van der Waals surface area contributed by atoms with E-state index in [-0.39, 0.29) is 34.3 Å². The molecule has 2 bridgehead atoms. The van der Waals surface area contributed by atoms with Crippen molar-refractivity contribution in [2.45, 2.75) is 69.1 Å². The molecule has 1 fully saturated rings. The van der Waals surface area contributed by atoms with Gasteiger partial charge in [0.05, 0.1) is 36.3 Å². The summed E-state index contributed by atoms with van der Waals surface area (Å²) in [5, 5.41) is 11.4. The number of methoxy groups -OCH3 is 1. The van der Waals surface area contributed by atoms with Crippen molar-refractivity contribution in [3.05, 3.63) is 88.2 Å². The highest BCUT2D eigenvalue weighted by molar-refractivity contribution is 7.93. The third kappa shape index (κ3) is 6.80. The number of carbonyl (C=O) groups excluding carboxylic acids is 2. The third-order valence-corrected chi connectivity index (χ3v) is 14.3. The van der Waals surface area contributed by atoms with E-state index in [0.717, 1.165) is 42.8 Å². The molecule has 1 spiro atoms. The second-order valence-corrected chi connectivity index (χ2v) is 17.6. The average molecular weight is 735 g/mol. The Bertz CT molecular complexity index is 2000. The number of benzene rings is 2. The van der Waals surface area contributed by atoms with Crippen LogP contribution < -0.4 is 19.1 Å². The molecular weight excluding hydrogens is 688 g/mol. The lowest BCUT2D eigenvalue weighted by atomic mass is 9.68. The molecule has 0 saturated heterocycles. The number of aromatic nitrogens is 1. The summed E-state index contributed by atoms with van der Waals surface area (Å²) in [5.74, 6) is -0.263. The fraction of sp³-hybridized carbons (Fsp3) is 0.487. The van der Waals surface area contributed by atoms with Crippen LogP contribution in [0.15, 0.2) is 65.3 Å². The molecular formula is C39H47ClN4O6S. The highest BCUT2D eigenvalue weighted by Crippen LogP contribution is 2.47. The van der Waals surface area contributed by atoms with E-state index >= 15 is 0 Å². The SMILES string of the molecule is COc1cn(C)cc1C(=O)NS1(=O)=NC(=O)c2ccc3c(c2)N(C[C@@H]2CC[C@H]2[C@@H](O)/C=C/C[C@H](C)[C@H]1C)C[C@@]1(CCCc2cc(Cl)ccc21)CO3. The van der Waals surface area contributed by atoms with Gasteiger partial charge < -0.3 is 24.0 Å². The van der Waals surface area contributed by atoms with Crippen molar-refractivity contribution in [3.63, 3.8) is 0 Å². The normalized spacial score (nSPS) is 31.2. The predicted octanol–water partition coefficient (Wildman–Crippen LogP) is 6.49. The van der Waals surface area contributed by atoms with Gasteiger partial charge in [0.15, 0.2) is 0 Å². The Balaban J connectivity index is 1.32. The van der Waals surface area contributed by atoms with E-state index in [0.29, 0.717) is 37.6 Å². The lowest BCUT2D eigenvalue weighted by Crippen LogP contribution is -2.49. The van der Waals surface area contributed by atoms with Crippen molar-refractivity contribution in [2.24, 2.45) is 29.2 Å². The van der Waals surface area contributed by atoms with E-state index in [2.05, 4.69) is 26.1 Å². The van der Waals surface area contributed by atoms with E-state index in [1.165, 1.54) is 18.2 Å². The fourth-order valence-corrected chi connectivity index (χ4v) is 10.4. The number of halogens is 1. The fourth-order valence-electron chi connectivity index (χ4n) is 8.34. The van der Waals surface area contributed by atoms with Gasteiger partial charge in [-0.2, -0.15) is 0 Å². The van der Waals surface area contributed by atoms with Gasteiger partial charge in [-0.3, -0.25) is 14.3 Å². The van der Waals surface area contributed by atoms with Crippen LogP contribution >= 0.6 is 11.6 Å². The zero-order chi connectivity index (χ0) is 36.1. The molecule has 4 aliphatic rings. The van der Waals surface area contributed by atoms with Crippen molar-refractivity contribution in [3.8, 4) is 11.5 Å². The summed E-state index contributed by atoms with van der Waals surface area (Å²) in [7, 11) is -0.456. The molecule has 1 saturated carbocycles. The first-order valence-electron chi connectivity index (χ1n) is 17.9. The Morgan fingerprint density at radius 2 is 2.00 bits per heavy atom. The van der Waals surface area contributed by atoms with E-state index in [4.69, 9.17) is 21.1 Å². The number of hydrogen-bond acceptors (Lipinski definition) is 7. The van der Waals surface area contributed by atoms with Crippen LogP contribution in [0.4, 0.5) is 5.69 Å². The number of nitrogens with zero attached hydrogens (tertiary/aromatic N) is 3. The summed E-state index contributed by atoms with van der Waals surface area (Å²) in [6, 6.07) is 11.4. The topological polar surface area (TPSA) is 122 Å². The summed E-state index contributed by atoms with van der Waals surface area (Å²) in [6.45, 7) is 5.48. The summed E-state index contributed by atoms with van der Waals surface area (Å²) in [4.78, 5) is 30.1. The average Bonchev–Trinajstić information content (AvgIpc) is 3.41. The Labute approximate surface area is 305 Å². The Morgan fingerprint density at radius 3 is 2.76 bits per heavy atom. The molecule has 2 amide bonds. The number of allylic oxidation sites excluding steroid dienone is 1. The van der Waals surface area contributed by atoms with Gasteiger partial charge in [-0.1, -0.05) is 36.7 Å². The third-order valence-electron chi connectivity index (χ3n) is 11.6. The molecule has 2 aliphatic carbocycles. The minimum absolute atomic E-state index is 0.0899. The molecule has 1 aromatic heterocycles. The number of amides is 2. The van der Waals surface area contributed by atoms with Crippen LogP contribution in [0, 0.1) is 17.8 Å². The summed E-state index contributed by atoms with van der Waals surface area (Å²) < 4.78 is 35.5. The van der Waals surface area contributed by atoms with Gasteiger partial charge in [-0.05, 0) is 105 Å². The minimum atomic E-state index is -3.67. The molecule has 12 heteroatoms. The first kappa shape index (κ1) is 35.6. The van der Waals surface area contributed by atoms with Crippen LogP contribution in [-0.2, 0) is 28.8 Å². The van der Waals surface area contributed by atoms with Gasteiger partial charge in [-0.15, -0.1) is 4.36 Å². The highest BCUT2D eigenvalue weighted by Gasteiger charge is 2.44. The molecule has 10 nitrogen and oxygen atoms in total. The lowest BCUT2D eigenvalue weighted by Gasteiger charge is -2.45. The van der Waals surface area contributed by atoms with E-state index in [1.807, 2.05) is 25.1 Å². The Hall–Kier alpha value is -3.80. The molecule has 7 atom stereocenters. The molecule has 0 radical (unpaired) electrons. The smallest absolute Gasteiger partial charge is 0.286 e. The van der Waals surface area contributed by atoms with Crippen molar-refractivity contribution in [2.75, 3.05) is 31.7 Å². The number of rotatable bonds is 3. The van der Waals surface area contributed by atoms with Crippen LogP contribution in [0.2, 0.25) is 5.02 Å². The van der Waals surface area contributed by atoms with Crippen molar-refractivity contribution >= 4 is 39.0 Å². The quantitative estimate of drug-likeness (QED) is 0.295. The molecule has 2 N–H and O–H groups in total. The molecule has 2 aromatic carbocycles. The van der Waals surface area contributed by atoms with Crippen LogP contribution in [0.25, 0.3) is 0 Å². The highest BCUT2D eigenvalue weighted by atomic mass is 35.5. The van der Waals surface area contributed by atoms with E-state index in [9.17, 15) is 18.9 Å². The van der Waals surface area contributed by atoms with Crippen LogP contribution in [0.3, 0.4) is 0 Å². The molecule has 1 unspecified atom stereocenters. The molecule has 51 heavy (non-hydrogen) atoms. The van der Waals surface area contributed by atoms with Gasteiger partial charge in [0, 0.05) is 48.5 Å².